The summed E-state index contributed by atoms with van der Waals surface area (Å²) < 4.78 is 17.3. The lowest BCUT2D eigenvalue weighted by molar-refractivity contribution is -0.222. The Morgan fingerprint density at radius 3 is 2.56 bits per heavy atom. The van der Waals surface area contributed by atoms with Crippen LogP contribution in [-0.2, 0) is 9.59 Å². The smallest absolute Gasteiger partial charge is 0.255 e. The number of carbonyl (C=O) groups excluding carboxylic acids is 2. The summed E-state index contributed by atoms with van der Waals surface area (Å²) in [6.07, 6.45) is 4.97. The molecule has 0 aromatic rings. The quantitative estimate of drug-likeness (QED) is 0.567. The van der Waals surface area contributed by atoms with Crippen LogP contribution in [0.15, 0.2) is 23.8 Å². The standard InChI is InChI=1S/C26H34FNO4S2/c1-14-8-18-17-5-4-15-9-16(29)6-7-23(15,2)25(17,27)21(30)10-24(18,3)26(14,32)22(31)28-11-19-20(12-28)34-13-33-19/h6-7,9,14,17-21,30,32H,4-5,8,10-13H2,1-3H3/t14-,17-,18-,19+,20?,21-,23-,24-,25-,26-/m0/s1. The fourth-order valence-corrected chi connectivity index (χ4v) is 12.0. The van der Waals surface area contributed by atoms with Crippen LogP contribution in [0.4, 0.5) is 4.39 Å². The number of nitrogens with zero attached hydrogens (tertiary/aromatic N) is 1. The number of thioether (sulfide) groups is 2. The zero-order valence-corrected chi connectivity index (χ0v) is 21.6. The number of allylic oxidation sites excluding steroid dienone is 4. The summed E-state index contributed by atoms with van der Waals surface area (Å²) in [6, 6.07) is 0. The van der Waals surface area contributed by atoms with Crippen LogP contribution < -0.4 is 0 Å². The first kappa shape index (κ1) is 23.6. The number of hydrogen-bond acceptors (Lipinski definition) is 6. The number of aliphatic hydroxyl groups excluding tert-OH is 1. The molecular weight excluding hydrogens is 473 g/mol. The maximum atomic E-state index is 17.3. The second-order valence-electron chi connectivity index (χ2n) is 11.9. The van der Waals surface area contributed by atoms with E-state index >= 15 is 4.39 Å². The highest BCUT2D eigenvalue weighted by Gasteiger charge is 2.76. The predicted octanol–water partition coefficient (Wildman–Crippen LogP) is 3.35. The summed E-state index contributed by atoms with van der Waals surface area (Å²) in [7, 11) is 0. The van der Waals surface area contributed by atoms with Crippen LogP contribution in [-0.4, -0.2) is 72.9 Å². The van der Waals surface area contributed by atoms with Gasteiger partial charge in [0.2, 0.25) is 0 Å². The molecule has 5 nitrogen and oxygen atoms in total. The van der Waals surface area contributed by atoms with Crippen LogP contribution in [0.5, 0.6) is 0 Å². The minimum atomic E-state index is -1.94. The second kappa shape index (κ2) is 7.36. The van der Waals surface area contributed by atoms with E-state index in [1.165, 1.54) is 12.2 Å². The first-order valence-electron chi connectivity index (χ1n) is 12.5. The molecule has 0 aromatic heterocycles. The molecule has 34 heavy (non-hydrogen) atoms. The molecule has 4 aliphatic carbocycles. The van der Waals surface area contributed by atoms with Crippen molar-refractivity contribution in [3.63, 3.8) is 0 Å². The maximum absolute atomic E-state index is 17.3. The second-order valence-corrected chi connectivity index (χ2v) is 14.7. The van der Waals surface area contributed by atoms with Gasteiger partial charge in [0.25, 0.3) is 5.91 Å². The van der Waals surface area contributed by atoms with Crippen molar-refractivity contribution in [1.29, 1.82) is 0 Å². The van der Waals surface area contributed by atoms with Crippen LogP contribution in [0.3, 0.4) is 0 Å². The first-order valence-corrected chi connectivity index (χ1v) is 14.6. The molecule has 6 rings (SSSR count). The van der Waals surface area contributed by atoms with E-state index in [1.807, 2.05) is 42.3 Å². The number of aliphatic hydroxyl groups is 2. The van der Waals surface area contributed by atoms with Gasteiger partial charge >= 0.3 is 0 Å². The zero-order chi connectivity index (χ0) is 24.3. The summed E-state index contributed by atoms with van der Waals surface area (Å²) in [5, 5.41) is 25.6. The normalized spacial score (nSPS) is 53.8. The summed E-state index contributed by atoms with van der Waals surface area (Å²) in [6.45, 7) is 6.94. The van der Waals surface area contributed by atoms with Crippen molar-refractivity contribution >= 4 is 35.2 Å². The molecular formula is C26H34FNO4S2. The van der Waals surface area contributed by atoms with E-state index in [9.17, 15) is 19.8 Å². The molecule has 186 valence electrons. The fourth-order valence-electron chi connectivity index (χ4n) is 8.69. The van der Waals surface area contributed by atoms with Gasteiger partial charge in [0.1, 0.15) is 0 Å². The Morgan fingerprint density at radius 2 is 1.88 bits per heavy atom. The molecule has 2 saturated heterocycles. The highest BCUT2D eigenvalue weighted by Crippen LogP contribution is 2.70. The van der Waals surface area contributed by atoms with Gasteiger partial charge in [-0.2, -0.15) is 0 Å². The molecule has 3 saturated carbocycles. The number of alkyl halides is 1. The Kier molecular flexibility index (Phi) is 5.10. The SMILES string of the molecule is C[C@H]1C[C@H]2[C@@H]3CCC4=CC(=O)C=C[C@]4(C)[C@@]3(F)[C@@H](O)C[C@]2(C)[C@@]1(O)C(=O)N1CC2SCS[C@@H]2C1. The van der Waals surface area contributed by atoms with Gasteiger partial charge in [-0.25, -0.2) is 4.39 Å². The Hall–Kier alpha value is -0.830. The summed E-state index contributed by atoms with van der Waals surface area (Å²) >= 11 is 3.77. The molecule has 5 fully saturated rings. The number of hydrogen-bond donors (Lipinski definition) is 2. The van der Waals surface area contributed by atoms with E-state index in [0.717, 1.165) is 10.7 Å². The molecule has 0 aromatic carbocycles. The van der Waals surface area contributed by atoms with Crippen molar-refractivity contribution in [2.24, 2.45) is 28.6 Å². The predicted molar refractivity (Wildman–Crippen MR) is 132 cm³/mol. The lowest BCUT2D eigenvalue weighted by Gasteiger charge is -2.62. The minimum absolute atomic E-state index is 0.0338. The van der Waals surface area contributed by atoms with E-state index in [1.54, 1.807) is 13.0 Å². The van der Waals surface area contributed by atoms with Gasteiger partial charge in [-0.15, -0.1) is 23.5 Å². The van der Waals surface area contributed by atoms with E-state index in [2.05, 4.69) is 0 Å². The molecule has 2 heterocycles. The van der Waals surface area contributed by atoms with Gasteiger partial charge in [-0.05, 0) is 56.6 Å². The first-order chi connectivity index (χ1) is 16.0. The number of likely N-dealkylation sites (tertiary alicyclic amines) is 1. The Bertz CT molecular complexity index is 1010. The molecule has 0 bridgehead atoms. The van der Waals surface area contributed by atoms with Crippen molar-refractivity contribution in [3.8, 4) is 0 Å². The molecule has 0 radical (unpaired) electrons. The topological polar surface area (TPSA) is 77.8 Å². The van der Waals surface area contributed by atoms with Crippen LogP contribution in [0.1, 0.15) is 46.5 Å². The lowest BCUT2D eigenvalue weighted by atomic mass is 9.44. The minimum Gasteiger partial charge on any atom is -0.390 e. The van der Waals surface area contributed by atoms with E-state index < -0.39 is 34.1 Å². The Balaban J connectivity index is 1.37. The number of rotatable bonds is 1. The van der Waals surface area contributed by atoms with Gasteiger partial charge in [0.15, 0.2) is 17.1 Å². The maximum Gasteiger partial charge on any atom is 0.255 e. The zero-order valence-electron chi connectivity index (χ0n) is 20.0. The number of amides is 1. The van der Waals surface area contributed by atoms with E-state index in [4.69, 9.17) is 0 Å². The van der Waals surface area contributed by atoms with Crippen molar-refractivity contribution in [1.82, 2.24) is 4.90 Å². The summed E-state index contributed by atoms with van der Waals surface area (Å²) in [5.41, 5.74) is -4.78. The van der Waals surface area contributed by atoms with Gasteiger partial charge in [0, 0.05) is 45.4 Å². The van der Waals surface area contributed by atoms with Crippen molar-refractivity contribution in [2.75, 3.05) is 18.2 Å². The Morgan fingerprint density at radius 1 is 1.21 bits per heavy atom. The molecule has 2 N–H and O–H groups in total. The summed E-state index contributed by atoms with van der Waals surface area (Å²) in [4.78, 5) is 27.8. The van der Waals surface area contributed by atoms with Crippen molar-refractivity contribution < 1.29 is 24.2 Å². The van der Waals surface area contributed by atoms with Gasteiger partial charge in [-0.3, -0.25) is 9.59 Å². The number of carbonyl (C=O) groups is 2. The highest BCUT2D eigenvalue weighted by atomic mass is 32.2. The van der Waals surface area contributed by atoms with Crippen molar-refractivity contribution in [2.45, 2.75) is 74.3 Å². The molecule has 8 heteroatoms. The van der Waals surface area contributed by atoms with Gasteiger partial charge in [0.05, 0.1) is 6.10 Å². The average Bonchev–Trinajstić information content (AvgIpc) is 3.44. The highest BCUT2D eigenvalue weighted by molar-refractivity contribution is 8.19. The van der Waals surface area contributed by atoms with Crippen LogP contribution >= 0.6 is 23.5 Å². The number of fused-ring (bicyclic) bond motifs is 6. The van der Waals surface area contributed by atoms with E-state index in [-0.39, 0.29) is 29.9 Å². The molecule has 0 spiro atoms. The van der Waals surface area contributed by atoms with E-state index in [0.29, 0.717) is 42.9 Å². The lowest BCUT2D eigenvalue weighted by Crippen LogP contribution is -2.70. The molecule has 6 aliphatic rings. The van der Waals surface area contributed by atoms with Crippen molar-refractivity contribution in [3.05, 3.63) is 23.8 Å². The third-order valence-electron chi connectivity index (χ3n) is 10.6. The largest absolute Gasteiger partial charge is 0.390 e. The number of ketones is 1. The van der Waals surface area contributed by atoms with Gasteiger partial charge < -0.3 is 15.1 Å². The third-order valence-corrected chi connectivity index (χ3v) is 13.7. The average molecular weight is 508 g/mol. The van der Waals surface area contributed by atoms with Gasteiger partial charge in [-0.1, -0.05) is 25.5 Å². The Labute approximate surface area is 209 Å². The monoisotopic (exact) mass is 507 g/mol. The number of halogens is 1. The molecule has 10 atom stereocenters. The van der Waals surface area contributed by atoms with Crippen LogP contribution in [0, 0.1) is 28.6 Å². The summed E-state index contributed by atoms with van der Waals surface area (Å²) in [5.74, 6) is -1.40. The van der Waals surface area contributed by atoms with Crippen LogP contribution in [0.25, 0.3) is 0 Å². The van der Waals surface area contributed by atoms with Crippen LogP contribution in [0.2, 0.25) is 0 Å². The fraction of sp³-hybridized carbons (Fsp3) is 0.769. The molecule has 1 amide bonds. The molecule has 2 aliphatic heterocycles. The molecule has 1 unspecified atom stereocenters. The third kappa shape index (κ3) is 2.67.